The average Bonchev–Trinajstić information content (AvgIpc) is 3.51. The van der Waals surface area contributed by atoms with Gasteiger partial charge in [-0.1, -0.05) is 38.5 Å². The number of hydrogen-bond donors (Lipinski definition) is 1. The van der Waals surface area contributed by atoms with Crippen LogP contribution < -0.4 is 137 Å². The molecular weight excluding hydrogens is 687 g/mol. The maximum absolute atomic E-state index is 9.53. The Bertz CT molecular complexity index is 1460. The minimum atomic E-state index is -0.867. The minimum absolute atomic E-state index is 0. The van der Waals surface area contributed by atoms with E-state index >= 15 is 0 Å². The van der Waals surface area contributed by atoms with Gasteiger partial charge in [-0.25, -0.2) is 4.98 Å². The van der Waals surface area contributed by atoms with Crippen molar-refractivity contribution in [3.05, 3.63) is 116 Å². The molecule has 1 N–H and O–H groups in total. The van der Waals surface area contributed by atoms with E-state index in [1.165, 1.54) is 5.46 Å². The first-order valence-electron chi connectivity index (χ1n) is 11.9. The topological polar surface area (TPSA) is 118 Å². The quantitative estimate of drug-likeness (QED) is 0.216. The van der Waals surface area contributed by atoms with Crippen molar-refractivity contribution in [3.63, 3.8) is 0 Å². The minimum Gasteiger partial charge on any atom is -0.456 e. The molecule has 2 aliphatic rings. The fourth-order valence-electron chi connectivity index (χ4n) is 4.19. The molecule has 0 saturated heterocycles. The van der Waals surface area contributed by atoms with Gasteiger partial charge >= 0.3 is 130 Å². The number of nitrogens with zero attached hydrogens (tertiary/aromatic N) is 3. The van der Waals surface area contributed by atoms with E-state index in [2.05, 4.69) is 11.1 Å². The van der Waals surface area contributed by atoms with Crippen molar-refractivity contribution in [1.29, 1.82) is 10.5 Å². The van der Waals surface area contributed by atoms with E-state index in [4.69, 9.17) is 29.3 Å². The molecule has 0 aliphatic carbocycles. The third-order valence-electron chi connectivity index (χ3n) is 6.16. The average molecular weight is 718 g/mol. The molecule has 8 nitrogen and oxygen atoms in total. The van der Waals surface area contributed by atoms with Crippen LogP contribution >= 0.6 is 0 Å². The largest absolute Gasteiger partial charge is 1.00 e. The molecule has 3 heterocycles. The summed E-state index contributed by atoms with van der Waals surface area (Å²) >= 11 is 0. The van der Waals surface area contributed by atoms with Gasteiger partial charge in [0.25, 0.3) is 0 Å². The summed E-state index contributed by atoms with van der Waals surface area (Å²) in [5.41, 5.74) is 4.89. The summed E-state index contributed by atoms with van der Waals surface area (Å²) in [6.07, 6.45) is 1.57. The maximum Gasteiger partial charge on any atom is 1.00 e. The summed E-state index contributed by atoms with van der Waals surface area (Å²) in [6.45, 7) is 3.15. The Kier molecular flexibility index (Phi) is 19.7. The van der Waals surface area contributed by atoms with E-state index in [0.717, 1.165) is 22.3 Å². The monoisotopic (exact) mass is 717 g/mol. The van der Waals surface area contributed by atoms with E-state index in [1.54, 1.807) is 48.7 Å². The number of pyridine rings is 1. The molecule has 0 spiro atoms. The molecule has 2 aliphatic heterocycles. The Morgan fingerprint density at radius 3 is 2.07 bits per heavy atom. The van der Waals surface area contributed by atoms with Gasteiger partial charge in [-0.05, 0) is 70.6 Å². The molecular formula is C31H31B2N3O5Rb2. The van der Waals surface area contributed by atoms with E-state index in [1.807, 2.05) is 43.2 Å². The summed E-state index contributed by atoms with van der Waals surface area (Å²) in [5, 5.41) is 27.5. The standard InChI is InChI=1S/C15H12BNO2.C13H9BN2O3.CH4.2CH3.2Rb/c1-16-14-7-6-13(8-12(14)10-18-16)19-15-5-3-2-4-11(15)9-17;15-7-9-2-1-5-16-13(9)19-11-3-4-12-10(6-11)8-18-14(12)17;;;;;/h2-8H,10H2,1H3;1-6,17H,8H2;1H4;2*1H3;;/q;;;2*-1;2*+1. The molecule has 0 amide bonds. The van der Waals surface area contributed by atoms with Crippen LogP contribution in [0.5, 0.6) is 23.1 Å². The summed E-state index contributed by atoms with van der Waals surface area (Å²) < 4.78 is 22.0. The van der Waals surface area contributed by atoms with Crippen LogP contribution in [0.15, 0.2) is 79.0 Å². The first kappa shape index (κ1) is 42.0. The normalized spacial score (nSPS) is 11.4. The number of benzene rings is 3. The SMILES string of the molecule is C.CB1OCc2cc(Oc3ccccc3C#N)ccc21.N#Cc1cccnc1Oc1ccc2c(c1)COB2O.[CH3-].[CH3-].[Rb+].[Rb+]. The van der Waals surface area contributed by atoms with Gasteiger partial charge in [-0.15, -0.1) is 0 Å². The summed E-state index contributed by atoms with van der Waals surface area (Å²) in [6, 6.07) is 25.8. The first-order chi connectivity index (χ1) is 18.6. The van der Waals surface area contributed by atoms with Gasteiger partial charge in [0, 0.05) is 6.20 Å². The van der Waals surface area contributed by atoms with Crippen LogP contribution in [0.1, 0.15) is 29.7 Å². The van der Waals surface area contributed by atoms with Crippen LogP contribution in [0.2, 0.25) is 6.82 Å². The summed E-state index contributed by atoms with van der Waals surface area (Å²) in [7, 11) is -0.867. The Morgan fingerprint density at radius 1 is 0.791 bits per heavy atom. The Hall–Kier alpha value is -0.990. The number of fused-ring (bicyclic) bond motifs is 2. The molecule has 12 heteroatoms. The van der Waals surface area contributed by atoms with E-state index in [0.29, 0.717) is 35.8 Å². The van der Waals surface area contributed by atoms with Crippen molar-refractivity contribution in [3.8, 4) is 35.3 Å². The van der Waals surface area contributed by atoms with Gasteiger partial charge in [0.15, 0.2) is 0 Å². The van der Waals surface area contributed by atoms with Crippen molar-refractivity contribution >= 4 is 25.0 Å². The predicted molar refractivity (Wildman–Crippen MR) is 161 cm³/mol. The van der Waals surface area contributed by atoms with Crippen LogP contribution in [0, 0.1) is 37.5 Å². The van der Waals surface area contributed by atoms with Crippen LogP contribution in [0.25, 0.3) is 0 Å². The smallest absolute Gasteiger partial charge is 0.456 e. The van der Waals surface area contributed by atoms with Crippen molar-refractivity contribution in [2.24, 2.45) is 0 Å². The third-order valence-corrected chi connectivity index (χ3v) is 6.16. The second-order valence-corrected chi connectivity index (χ2v) is 8.62. The number of para-hydroxylation sites is 1. The van der Waals surface area contributed by atoms with Crippen LogP contribution in [0.4, 0.5) is 0 Å². The molecule has 208 valence electrons. The number of nitriles is 2. The zero-order chi connectivity index (χ0) is 26.5. The Morgan fingerprint density at radius 2 is 1.37 bits per heavy atom. The molecule has 0 bridgehead atoms. The molecule has 0 saturated carbocycles. The predicted octanol–water partition coefficient (Wildman–Crippen LogP) is -0.783. The van der Waals surface area contributed by atoms with Crippen LogP contribution in [-0.4, -0.2) is 24.0 Å². The fourth-order valence-corrected chi connectivity index (χ4v) is 4.19. The molecule has 6 rings (SSSR count). The first-order valence-corrected chi connectivity index (χ1v) is 11.9. The molecule has 4 aromatic rings. The van der Waals surface area contributed by atoms with Gasteiger partial charge < -0.3 is 38.7 Å². The number of ether oxygens (including phenoxy) is 2. The molecule has 0 radical (unpaired) electrons. The van der Waals surface area contributed by atoms with Gasteiger partial charge in [0.05, 0.1) is 18.8 Å². The Balaban J connectivity index is 0.000000735. The van der Waals surface area contributed by atoms with Gasteiger partial charge in [0.2, 0.25) is 5.88 Å². The number of hydrogen-bond acceptors (Lipinski definition) is 8. The van der Waals surface area contributed by atoms with Crippen LogP contribution in [0.3, 0.4) is 0 Å². The summed E-state index contributed by atoms with van der Waals surface area (Å²) in [5.74, 6) is 2.15. The molecule has 1 aromatic heterocycles. The molecule has 0 fully saturated rings. The third kappa shape index (κ3) is 10.5. The second kappa shape index (κ2) is 20.2. The van der Waals surface area contributed by atoms with Crippen LogP contribution in [-0.2, 0) is 22.5 Å². The van der Waals surface area contributed by atoms with Crippen molar-refractivity contribution < 1.29 is 140 Å². The Labute approximate surface area is 353 Å². The van der Waals surface area contributed by atoms with Gasteiger partial charge in [-0.2, -0.15) is 10.5 Å². The van der Waals surface area contributed by atoms with E-state index in [-0.39, 0.29) is 151 Å². The number of rotatable bonds is 4. The summed E-state index contributed by atoms with van der Waals surface area (Å²) in [4.78, 5) is 4.03. The second-order valence-electron chi connectivity index (χ2n) is 8.62. The fraction of sp³-hybridized carbons (Fsp3) is 0.129. The zero-order valence-electron chi connectivity index (χ0n) is 24.5. The van der Waals surface area contributed by atoms with Gasteiger partial charge in [-0.3, -0.25) is 0 Å². The van der Waals surface area contributed by atoms with Crippen molar-refractivity contribution in [1.82, 2.24) is 4.98 Å². The van der Waals surface area contributed by atoms with Crippen molar-refractivity contribution in [2.75, 3.05) is 0 Å². The zero-order valence-corrected chi connectivity index (χ0v) is 34.3. The van der Waals surface area contributed by atoms with Gasteiger partial charge in [0.1, 0.15) is 35.0 Å². The molecule has 0 unspecified atom stereocenters. The molecule has 3 aromatic carbocycles. The number of aromatic nitrogens is 1. The van der Waals surface area contributed by atoms with Crippen molar-refractivity contribution in [2.45, 2.75) is 27.5 Å². The molecule has 0 atom stereocenters. The van der Waals surface area contributed by atoms with E-state index < -0.39 is 7.12 Å². The maximum atomic E-state index is 9.53. The molecule has 43 heavy (non-hydrogen) atoms. The van der Waals surface area contributed by atoms with E-state index in [9.17, 15) is 5.02 Å².